The Hall–Kier alpha value is -2.77. The fraction of sp³-hybridized carbons (Fsp3) is 0.591. The van der Waals surface area contributed by atoms with Crippen molar-refractivity contribution in [3.63, 3.8) is 0 Å². The molecule has 1 aliphatic carbocycles. The number of hydrogen-bond acceptors (Lipinski definition) is 5. The minimum atomic E-state index is -0.839. The molecule has 2 aliphatic heterocycles. The number of amides is 4. The maximum Gasteiger partial charge on any atom is 0.325 e. The van der Waals surface area contributed by atoms with E-state index < -0.39 is 11.6 Å². The molecule has 0 unspecified atom stereocenters. The fourth-order valence-electron chi connectivity index (χ4n) is 4.97. The molecular weight excluding hydrogens is 386 g/mol. The number of imide groups is 1. The van der Waals surface area contributed by atoms with Crippen LogP contribution in [0.4, 0.5) is 4.79 Å². The van der Waals surface area contributed by atoms with Gasteiger partial charge < -0.3 is 19.7 Å². The van der Waals surface area contributed by atoms with Gasteiger partial charge in [-0.25, -0.2) is 4.79 Å². The van der Waals surface area contributed by atoms with Crippen LogP contribution in [0.1, 0.15) is 43.7 Å². The minimum absolute atomic E-state index is 0.0760. The van der Waals surface area contributed by atoms with Gasteiger partial charge in [0, 0.05) is 13.1 Å². The second kappa shape index (κ2) is 7.81. The van der Waals surface area contributed by atoms with Gasteiger partial charge in [0.25, 0.3) is 5.91 Å². The first kappa shape index (κ1) is 20.5. The van der Waals surface area contributed by atoms with E-state index in [-0.39, 0.29) is 24.3 Å². The third-order valence-electron chi connectivity index (χ3n) is 6.87. The first-order valence-corrected chi connectivity index (χ1v) is 10.5. The number of benzene rings is 1. The Labute approximate surface area is 176 Å². The van der Waals surface area contributed by atoms with Gasteiger partial charge in [0.15, 0.2) is 11.5 Å². The van der Waals surface area contributed by atoms with Gasteiger partial charge in [-0.1, -0.05) is 19.8 Å². The zero-order valence-electron chi connectivity index (χ0n) is 17.8. The SMILES string of the molecule is COc1cc2c(cc1OC)CN(C(=O)CN1C(=O)N[C@@]3(CCCC[C@@H]3C)C1=O)CC2. The predicted molar refractivity (Wildman–Crippen MR) is 109 cm³/mol. The lowest BCUT2D eigenvalue weighted by Gasteiger charge is -2.37. The van der Waals surface area contributed by atoms with Crippen molar-refractivity contribution in [3.8, 4) is 11.5 Å². The molecule has 4 amide bonds. The van der Waals surface area contributed by atoms with E-state index in [2.05, 4.69) is 5.32 Å². The van der Waals surface area contributed by atoms with Crippen LogP contribution >= 0.6 is 0 Å². The smallest absolute Gasteiger partial charge is 0.325 e. The monoisotopic (exact) mass is 415 g/mol. The highest BCUT2D eigenvalue weighted by Gasteiger charge is 2.55. The summed E-state index contributed by atoms with van der Waals surface area (Å²) in [4.78, 5) is 41.5. The summed E-state index contributed by atoms with van der Waals surface area (Å²) in [6.45, 7) is 2.74. The van der Waals surface area contributed by atoms with E-state index in [9.17, 15) is 14.4 Å². The van der Waals surface area contributed by atoms with Crippen molar-refractivity contribution in [3.05, 3.63) is 23.3 Å². The number of methoxy groups -OCH3 is 2. The van der Waals surface area contributed by atoms with Gasteiger partial charge in [0.2, 0.25) is 5.91 Å². The third-order valence-corrected chi connectivity index (χ3v) is 6.87. The molecule has 0 bridgehead atoms. The highest BCUT2D eigenvalue weighted by atomic mass is 16.5. The van der Waals surface area contributed by atoms with E-state index in [4.69, 9.17) is 9.47 Å². The van der Waals surface area contributed by atoms with Gasteiger partial charge in [-0.2, -0.15) is 0 Å². The Kier molecular flexibility index (Phi) is 5.34. The number of rotatable bonds is 4. The quantitative estimate of drug-likeness (QED) is 0.761. The van der Waals surface area contributed by atoms with Crippen LogP contribution < -0.4 is 14.8 Å². The molecule has 1 aromatic carbocycles. The van der Waals surface area contributed by atoms with Crippen molar-refractivity contribution >= 4 is 17.8 Å². The van der Waals surface area contributed by atoms with Crippen LogP contribution in [0.15, 0.2) is 12.1 Å². The maximum absolute atomic E-state index is 13.1. The van der Waals surface area contributed by atoms with Crippen LogP contribution in [0.25, 0.3) is 0 Å². The summed E-state index contributed by atoms with van der Waals surface area (Å²) in [7, 11) is 3.18. The topological polar surface area (TPSA) is 88.2 Å². The molecule has 1 saturated carbocycles. The van der Waals surface area contributed by atoms with Gasteiger partial charge >= 0.3 is 6.03 Å². The van der Waals surface area contributed by atoms with Gasteiger partial charge in [-0.15, -0.1) is 0 Å². The van der Waals surface area contributed by atoms with Crippen LogP contribution in [0, 0.1) is 5.92 Å². The van der Waals surface area contributed by atoms with Crippen molar-refractivity contribution in [2.24, 2.45) is 5.92 Å². The Morgan fingerprint density at radius 1 is 1.17 bits per heavy atom. The van der Waals surface area contributed by atoms with Crippen LogP contribution in [-0.2, 0) is 22.6 Å². The largest absolute Gasteiger partial charge is 0.493 e. The predicted octanol–water partition coefficient (Wildman–Crippen LogP) is 2.09. The lowest BCUT2D eigenvalue weighted by molar-refractivity contribution is -0.141. The molecule has 2 atom stereocenters. The molecule has 4 rings (SSSR count). The number of nitrogens with zero attached hydrogens (tertiary/aromatic N) is 2. The first-order valence-electron chi connectivity index (χ1n) is 10.5. The molecule has 1 saturated heterocycles. The summed E-state index contributed by atoms with van der Waals surface area (Å²) >= 11 is 0. The summed E-state index contributed by atoms with van der Waals surface area (Å²) in [5, 5.41) is 2.91. The molecule has 1 spiro atoms. The van der Waals surface area contributed by atoms with E-state index in [0.29, 0.717) is 37.4 Å². The summed E-state index contributed by atoms with van der Waals surface area (Å²) in [6.07, 6.45) is 4.20. The average Bonchev–Trinajstić information content (AvgIpc) is 2.99. The Bertz CT molecular complexity index is 886. The van der Waals surface area contributed by atoms with E-state index in [0.717, 1.165) is 35.3 Å². The molecule has 8 heteroatoms. The highest BCUT2D eigenvalue weighted by molar-refractivity contribution is 6.09. The molecule has 1 N–H and O–H groups in total. The van der Waals surface area contributed by atoms with E-state index >= 15 is 0 Å². The molecule has 2 heterocycles. The molecule has 0 aromatic heterocycles. The second-order valence-electron chi connectivity index (χ2n) is 8.48. The van der Waals surface area contributed by atoms with Crippen molar-refractivity contribution in [2.45, 2.75) is 51.1 Å². The van der Waals surface area contributed by atoms with Gasteiger partial charge in [0.1, 0.15) is 12.1 Å². The van der Waals surface area contributed by atoms with Gasteiger partial charge in [-0.3, -0.25) is 14.5 Å². The number of ether oxygens (including phenoxy) is 2. The number of carbonyl (C=O) groups is 3. The zero-order valence-corrected chi connectivity index (χ0v) is 17.8. The van der Waals surface area contributed by atoms with E-state index in [1.165, 1.54) is 0 Å². The summed E-state index contributed by atoms with van der Waals surface area (Å²) in [6, 6.07) is 3.38. The molecule has 0 radical (unpaired) electrons. The van der Waals surface area contributed by atoms with Crippen molar-refractivity contribution in [2.75, 3.05) is 27.3 Å². The van der Waals surface area contributed by atoms with Crippen LogP contribution in [0.5, 0.6) is 11.5 Å². The van der Waals surface area contributed by atoms with E-state index in [1.807, 2.05) is 19.1 Å². The van der Waals surface area contributed by atoms with Gasteiger partial charge in [-0.05, 0) is 48.4 Å². The standard InChI is InChI=1S/C22H29N3O5/c1-14-6-4-5-8-22(14)20(27)25(21(28)23-22)13-19(26)24-9-7-15-10-17(29-2)18(30-3)11-16(15)12-24/h10-11,14H,4-9,12-13H2,1-3H3,(H,23,28)/t14-,22+/m0/s1. The Morgan fingerprint density at radius 2 is 1.87 bits per heavy atom. The van der Waals surface area contributed by atoms with Crippen molar-refractivity contribution in [1.29, 1.82) is 0 Å². The molecule has 2 fully saturated rings. The lowest BCUT2D eigenvalue weighted by atomic mass is 9.73. The van der Waals surface area contributed by atoms with Crippen molar-refractivity contribution < 1.29 is 23.9 Å². The lowest BCUT2D eigenvalue weighted by Crippen LogP contribution is -2.54. The molecule has 3 aliphatic rings. The third kappa shape index (κ3) is 3.28. The normalized spacial score (nSPS) is 25.9. The van der Waals surface area contributed by atoms with Crippen molar-refractivity contribution in [1.82, 2.24) is 15.1 Å². The zero-order chi connectivity index (χ0) is 21.5. The first-order chi connectivity index (χ1) is 14.4. The number of urea groups is 1. The molecule has 8 nitrogen and oxygen atoms in total. The Balaban J connectivity index is 1.47. The number of hydrogen-bond donors (Lipinski definition) is 1. The number of fused-ring (bicyclic) bond motifs is 1. The summed E-state index contributed by atoms with van der Waals surface area (Å²) < 4.78 is 10.7. The van der Waals surface area contributed by atoms with Crippen LogP contribution in [-0.4, -0.2) is 60.5 Å². The average molecular weight is 415 g/mol. The van der Waals surface area contributed by atoms with Gasteiger partial charge in [0.05, 0.1) is 14.2 Å². The number of carbonyl (C=O) groups excluding carboxylic acids is 3. The summed E-state index contributed by atoms with van der Waals surface area (Å²) in [5.41, 5.74) is 1.26. The molecular formula is C22H29N3O5. The molecule has 162 valence electrons. The number of nitrogens with one attached hydrogen (secondary N) is 1. The second-order valence-corrected chi connectivity index (χ2v) is 8.48. The fourth-order valence-corrected chi connectivity index (χ4v) is 4.97. The molecule has 1 aromatic rings. The Morgan fingerprint density at radius 3 is 2.53 bits per heavy atom. The maximum atomic E-state index is 13.1. The highest BCUT2D eigenvalue weighted by Crippen LogP contribution is 2.38. The minimum Gasteiger partial charge on any atom is -0.493 e. The molecule has 30 heavy (non-hydrogen) atoms. The van der Waals surface area contributed by atoms with Crippen LogP contribution in [0.2, 0.25) is 0 Å². The summed E-state index contributed by atoms with van der Waals surface area (Å²) in [5.74, 6) is 0.888. The van der Waals surface area contributed by atoms with Crippen LogP contribution in [0.3, 0.4) is 0 Å². The van der Waals surface area contributed by atoms with E-state index in [1.54, 1.807) is 19.1 Å².